The molecule has 108 valence electrons. The standard InChI is InChI=1S/C16H13Cl2NO2/c17-12-6-13(16(20)21)15(14(18)7-12)19-8-11(9-19)10-4-2-1-3-5-10/h1-7,11H,8-9H2,(H,20,21). The molecule has 0 radical (unpaired) electrons. The van der Waals surface area contributed by atoms with E-state index in [1.165, 1.54) is 11.6 Å². The molecule has 1 saturated heterocycles. The summed E-state index contributed by atoms with van der Waals surface area (Å²) in [7, 11) is 0. The lowest BCUT2D eigenvalue weighted by atomic mass is 9.90. The summed E-state index contributed by atoms with van der Waals surface area (Å²) in [6, 6.07) is 13.2. The molecule has 1 fully saturated rings. The molecular weight excluding hydrogens is 309 g/mol. The second kappa shape index (κ2) is 5.58. The Morgan fingerprint density at radius 3 is 2.43 bits per heavy atom. The Bertz CT molecular complexity index is 682. The van der Waals surface area contributed by atoms with Crippen LogP contribution in [-0.4, -0.2) is 24.2 Å². The lowest BCUT2D eigenvalue weighted by Gasteiger charge is -2.42. The topological polar surface area (TPSA) is 40.5 Å². The van der Waals surface area contributed by atoms with Gasteiger partial charge in [-0.2, -0.15) is 0 Å². The molecule has 0 aromatic heterocycles. The number of carboxylic acids is 1. The maximum Gasteiger partial charge on any atom is 0.337 e. The van der Waals surface area contributed by atoms with Crippen molar-refractivity contribution in [3.05, 3.63) is 63.6 Å². The number of rotatable bonds is 3. The predicted molar refractivity (Wildman–Crippen MR) is 84.8 cm³/mol. The molecule has 2 aromatic carbocycles. The third-order valence-corrected chi connectivity index (χ3v) is 4.23. The maximum absolute atomic E-state index is 11.4. The van der Waals surface area contributed by atoms with Gasteiger partial charge in [-0.05, 0) is 17.7 Å². The summed E-state index contributed by atoms with van der Waals surface area (Å²) >= 11 is 12.1. The smallest absolute Gasteiger partial charge is 0.337 e. The summed E-state index contributed by atoms with van der Waals surface area (Å²) in [5, 5.41) is 10.0. The Labute approximate surface area is 132 Å². The van der Waals surface area contributed by atoms with Crippen molar-refractivity contribution in [3.63, 3.8) is 0 Å². The molecule has 0 amide bonds. The number of carboxylic acid groups (broad SMARTS) is 1. The second-order valence-corrected chi connectivity index (χ2v) is 5.95. The fourth-order valence-corrected chi connectivity index (χ4v) is 3.26. The molecule has 0 atom stereocenters. The van der Waals surface area contributed by atoms with Crippen LogP contribution in [0.4, 0.5) is 5.69 Å². The monoisotopic (exact) mass is 321 g/mol. The van der Waals surface area contributed by atoms with Crippen molar-refractivity contribution < 1.29 is 9.90 Å². The zero-order chi connectivity index (χ0) is 15.0. The van der Waals surface area contributed by atoms with E-state index in [2.05, 4.69) is 12.1 Å². The van der Waals surface area contributed by atoms with Crippen LogP contribution in [-0.2, 0) is 0 Å². The molecule has 0 bridgehead atoms. The first kappa shape index (κ1) is 14.2. The van der Waals surface area contributed by atoms with Gasteiger partial charge in [-0.1, -0.05) is 53.5 Å². The summed E-state index contributed by atoms with van der Waals surface area (Å²) in [4.78, 5) is 13.4. The summed E-state index contributed by atoms with van der Waals surface area (Å²) in [5.74, 6) is -0.614. The van der Waals surface area contributed by atoms with Crippen molar-refractivity contribution >= 4 is 34.9 Å². The van der Waals surface area contributed by atoms with Crippen molar-refractivity contribution in [1.29, 1.82) is 0 Å². The first-order chi connectivity index (χ1) is 10.1. The van der Waals surface area contributed by atoms with Crippen LogP contribution in [0.2, 0.25) is 10.0 Å². The van der Waals surface area contributed by atoms with Gasteiger partial charge < -0.3 is 10.0 Å². The number of benzene rings is 2. The third kappa shape index (κ3) is 2.71. The van der Waals surface area contributed by atoms with Crippen LogP contribution < -0.4 is 4.90 Å². The van der Waals surface area contributed by atoms with Gasteiger partial charge in [-0.15, -0.1) is 0 Å². The molecular formula is C16H13Cl2NO2. The highest BCUT2D eigenvalue weighted by molar-refractivity contribution is 6.37. The Kier molecular flexibility index (Phi) is 3.79. The van der Waals surface area contributed by atoms with Crippen LogP contribution in [0.25, 0.3) is 0 Å². The molecule has 0 unspecified atom stereocenters. The van der Waals surface area contributed by atoms with Crippen molar-refractivity contribution in [2.45, 2.75) is 5.92 Å². The van der Waals surface area contributed by atoms with Gasteiger partial charge in [-0.3, -0.25) is 0 Å². The van der Waals surface area contributed by atoms with E-state index in [9.17, 15) is 9.90 Å². The van der Waals surface area contributed by atoms with E-state index in [1.807, 2.05) is 23.1 Å². The molecule has 0 spiro atoms. The fraction of sp³-hybridized carbons (Fsp3) is 0.188. The lowest BCUT2D eigenvalue weighted by Crippen LogP contribution is -2.45. The average Bonchev–Trinajstić information content (AvgIpc) is 2.40. The predicted octanol–water partition coefficient (Wildman–Crippen LogP) is 4.30. The fourth-order valence-electron chi connectivity index (χ4n) is 2.65. The number of nitrogens with zero attached hydrogens (tertiary/aromatic N) is 1. The summed E-state index contributed by atoms with van der Waals surface area (Å²) in [6.45, 7) is 1.51. The van der Waals surface area contributed by atoms with Gasteiger partial charge in [0.2, 0.25) is 0 Å². The third-order valence-electron chi connectivity index (χ3n) is 3.73. The Balaban J connectivity index is 1.86. The number of hydrogen-bond acceptors (Lipinski definition) is 2. The second-order valence-electron chi connectivity index (χ2n) is 5.10. The Morgan fingerprint density at radius 1 is 1.14 bits per heavy atom. The van der Waals surface area contributed by atoms with Crippen molar-refractivity contribution in [1.82, 2.24) is 0 Å². The quantitative estimate of drug-likeness (QED) is 0.916. The van der Waals surface area contributed by atoms with E-state index in [-0.39, 0.29) is 5.56 Å². The molecule has 0 aliphatic carbocycles. The zero-order valence-electron chi connectivity index (χ0n) is 11.1. The van der Waals surface area contributed by atoms with E-state index in [0.717, 1.165) is 13.1 Å². The minimum Gasteiger partial charge on any atom is -0.478 e. The van der Waals surface area contributed by atoms with Crippen LogP contribution >= 0.6 is 23.2 Å². The lowest BCUT2D eigenvalue weighted by molar-refractivity contribution is 0.0697. The number of hydrogen-bond donors (Lipinski definition) is 1. The summed E-state index contributed by atoms with van der Waals surface area (Å²) in [5.41, 5.74) is 1.97. The largest absolute Gasteiger partial charge is 0.478 e. The highest BCUT2D eigenvalue weighted by Gasteiger charge is 2.32. The van der Waals surface area contributed by atoms with E-state index in [4.69, 9.17) is 23.2 Å². The SMILES string of the molecule is O=C(O)c1cc(Cl)cc(Cl)c1N1CC(c2ccccc2)C1. The highest BCUT2D eigenvalue weighted by Crippen LogP contribution is 2.39. The first-order valence-electron chi connectivity index (χ1n) is 6.58. The van der Waals surface area contributed by atoms with Gasteiger partial charge >= 0.3 is 5.97 Å². The van der Waals surface area contributed by atoms with Gasteiger partial charge in [0.15, 0.2) is 0 Å². The van der Waals surface area contributed by atoms with Gasteiger partial charge in [-0.25, -0.2) is 4.79 Å². The van der Waals surface area contributed by atoms with Gasteiger partial charge in [0.05, 0.1) is 16.3 Å². The molecule has 1 heterocycles. The van der Waals surface area contributed by atoms with E-state index < -0.39 is 5.97 Å². The van der Waals surface area contributed by atoms with Crippen molar-refractivity contribution in [2.24, 2.45) is 0 Å². The minimum absolute atomic E-state index is 0.152. The van der Waals surface area contributed by atoms with Crippen molar-refractivity contribution in [2.75, 3.05) is 18.0 Å². The van der Waals surface area contributed by atoms with E-state index in [1.54, 1.807) is 6.07 Å². The van der Waals surface area contributed by atoms with Gasteiger partial charge in [0, 0.05) is 24.0 Å². The maximum atomic E-state index is 11.4. The molecule has 3 nitrogen and oxygen atoms in total. The number of anilines is 1. The first-order valence-corrected chi connectivity index (χ1v) is 7.34. The van der Waals surface area contributed by atoms with Crippen LogP contribution in [0.15, 0.2) is 42.5 Å². The van der Waals surface area contributed by atoms with E-state index >= 15 is 0 Å². The molecule has 3 rings (SSSR count). The van der Waals surface area contributed by atoms with Crippen LogP contribution in [0.1, 0.15) is 21.8 Å². The van der Waals surface area contributed by atoms with Crippen LogP contribution in [0.3, 0.4) is 0 Å². The molecule has 21 heavy (non-hydrogen) atoms. The Morgan fingerprint density at radius 2 is 1.81 bits per heavy atom. The van der Waals surface area contributed by atoms with Crippen molar-refractivity contribution in [3.8, 4) is 0 Å². The molecule has 1 aliphatic rings. The number of aromatic carboxylic acids is 1. The zero-order valence-corrected chi connectivity index (χ0v) is 12.6. The molecule has 5 heteroatoms. The number of carbonyl (C=O) groups is 1. The summed E-state index contributed by atoms with van der Waals surface area (Å²) < 4.78 is 0. The molecule has 0 saturated carbocycles. The molecule has 1 N–H and O–H groups in total. The normalized spacial score (nSPS) is 14.9. The average molecular weight is 322 g/mol. The summed E-state index contributed by atoms with van der Waals surface area (Å²) in [6.07, 6.45) is 0. The Hall–Kier alpha value is -1.71. The highest BCUT2D eigenvalue weighted by atomic mass is 35.5. The van der Waals surface area contributed by atoms with Gasteiger partial charge in [0.25, 0.3) is 0 Å². The molecule has 2 aromatic rings. The van der Waals surface area contributed by atoms with Gasteiger partial charge in [0.1, 0.15) is 0 Å². The van der Waals surface area contributed by atoms with Crippen LogP contribution in [0.5, 0.6) is 0 Å². The number of halogens is 2. The molecule has 1 aliphatic heterocycles. The van der Waals surface area contributed by atoms with Crippen LogP contribution in [0, 0.1) is 0 Å². The minimum atomic E-state index is -1.02. The van der Waals surface area contributed by atoms with E-state index in [0.29, 0.717) is 21.7 Å².